The minimum Gasteiger partial charge on any atom is -0.478 e. The first kappa shape index (κ1) is 15.5. The number of rotatable bonds is 8. The van der Waals surface area contributed by atoms with Crippen molar-refractivity contribution in [3.05, 3.63) is 11.9 Å². The monoisotopic (exact) mass is 306 g/mol. The zero-order valence-corrected chi connectivity index (χ0v) is 13.4. The lowest BCUT2D eigenvalue weighted by Gasteiger charge is -2.26. The summed E-state index contributed by atoms with van der Waals surface area (Å²) in [4.78, 5) is 11.6. The summed E-state index contributed by atoms with van der Waals surface area (Å²) < 4.78 is 11.1. The molecule has 0 aromatic carbocycles. The summed E-state index contributed by atoms with van der Waals surface area (Å²) in [5.41, 5.74) is 0. The largest absolute Gasteiger partial charge is 0.478 e. The van der Waals surface area contributed by atoms with Crippen molar-refractivity contribution in [1.82, 2.24) is 14.9 Å². The summed E-state index contributed by atoms with van der Waals surface area (Å²) >= 11 is 0. The second kappa shape index (κ2) is 7.74. The van der Waals surface area contributed by atoms with E-state index in [0.29, 0.717) is 18.4 Å². The molecule has 0 radical (unpaired) electrons. The predicted molar refractivity (Wildman–Crippen MR) is 85.5 cm³/mol. The van der Waals surface area contributed by atoms with E-state index in [0.717, 1.165) is 57.5 Å². The van der Waals surface area contributed by atoms with E-state index >= 15 is 0 Å². The third-order valence-electron chi connectivity index (χ3n) is 3.95. The van der Waals surface area contributed by atoms with Crippen LogP contribution in [0.1, 0.15) is 37.9 Å². The van der Waals surface area contributed by atoms with Gasteiger partial charge in [-0.05, 0) is 19.3 Å². The van der Waals surface area contributed by atoms with Crippen molar-refractivity contribution in [3.8, 4) is 5.88 Å². The van der Waals surface area contributed by atoms with Crippen LogP contribution in [0.15, 0.2) is 6.07 Å². The molecule has 0 unspecified atom stereocenters. The van der Waals surface area contributed by atoms with E-state index in [-0.39, 0.29) is 0 Å². The van der Waals surface area contributed by atoms with Crippen molar-refractivity contribution in [3.63, 3.8) is 0 Å². The molecule has 2 fully saturated rings. The van der Waals surface area contributed by atoms with E-state index in [4.69, 9.17) is 9.47 Å². The van der Waals surface area contributed by atoms with Gasteiger partial charge in [-0.3, -0.25) is 4.90 Å². The summed E-state index contributed by atoms with van der Waals surface area (Å²) in [6.07, 6.45) is 3.39. The van der Waals surface area contributed by atoms with Crippen LogP contribution in [-0.2, 0) is 4.74 Å². The molecule has 6 heteroatoms. The van der Waals surface area contributed by atoms with Gasteiger partial charge in [-0.2, -0.15) is 4.98 Å². The maximum Gasteiger partial charge on any atom is 0.218 e. The molecule has 0 bridgehead atoms. The van der Waals surface area contributed by atoms with Gasteiger partial charge in [0.05, 0.1) is 19.8 Å². The van der Waals surface area contributed by atoms with Crippen LogP contribution >= 0.6 is 0 Å². The van der Waals surface area contributed by atoms with Crippen LogP contribution in [0.5, 0.6) is 5.88 Å². The van der Waals surface area contributed by atoms with Crippen LogP contribution in [0.3, 0.4) is 0 Å². The molecule has 0 atom stereocenters. The third kappa shape index (κ3) is 4.55. The Labute approximate surface area is 132 Å². The molecule has 1 aromatic heterocycles. The van der Waals surface area contributed by atoms with Crippen molar-refractivity contribution < 1.29 is 9.47 Å². The minimum atomic E-state index is 0.532. The Morgan fingerprint density at radius 1 is 1.32 bits per heavy atom. The van der Waals surface area contributed by atoms with Crippen molar-refractivity contribution in [2.24, 2.45) is 0 Å². The molecule has 3 rings (SSSR count). The molecule has 1 aliphatic carbocycles. The predicted octanol–water partition coefficient (Wildman–Crippen LogP) is 1.89. The number of nitrogens with one attached hydrogen (secondary N) is 1. The topological polar surface area (TPSA) is 59.5 Å². The molecule has 1 N–H and O–H groups in total. The second-order valence-electron chi connectivity index (χ2n) is 5.95. The fraction of sp³-hybridized carbons (Fsp3) is 0.750. The Morgan fingerprint density at radius 3 is 2.86 bits per heavy atom. The highest BCUT2D eigenvalue weighted by atomic mass is 16.5. The Morgan fingerprint density at radius 2 is 2.14 bits per heavy atom. The molecule has 122 valence electrons. The molecule has 1 saturated heterocycles. The van der Waals surface area contributed by atoms with Gasteiger partial charge < -0.3 is 14.8 Å². The Kier molecular flexibility index (Phi) is 5.45. The van der Waals surface area contributed by atoms with Gasteiger partial charge in [0.1, 0.15) is 11.6 Å². The first-order valence-corrected chi connectivity index (χ1v) is 8.41. The van der Waals surface area contributed by atoms with E-state index in [1.807, 2.05) is 6.07 Å². The summed E-state index contributed by atoms with van der Waals surface area (Å²) in [5, 5.41) is 3.42. The number of nitrogens with zero attached hydrogens (tertiary/aromatic N) is 3. The number of anilines is 1. The quantitative estimate of drug-likeness (QED) is 0.791. The molecule has 0 amide bonds. The first-order valence-electron chi connectivity index (χ1n) is 8.41. The maximum absolute atomic E-state index is 5.69. The summed E-state index contributed by atoms with van der Waals surface area (Å²) in [5.74, 6) is 3.05. The zero-order chi connectivity index (χ0) is 15.2. The van der Waals surface area contributed by atoms with Crippen molar-refractivity contribution in [1.29, 1.82) is 0 Å². The van der Waals surface area contributed by atoms with E-state index in [1.165, 1.54) is 12.8 Å². The number of aromatic nitrogens is 2. The molecule has 2 aliphatic rings. The standard InChI is InChI=1S/C16H26N4O2/c1-2-9-22-15-12-14(18-16(19-15)13-3-4-13)17-5-6-20-7-10-21-11-8-20/h12-13H,2-11H2,1H3,(H,17,18,19). The number of hydrogen-bond acceptors (Lipinski definition) is 6. The van der Waals surface area contributed by atoms with Crippen LogP contribution in [0.2, 0.25) is 0 Å². The van der Waals surface area contributed by atoms with E-state index in [9.17, 15) is 0 Å². The second-order valence-corrected chi connectivity index (χ2v) is 5.95. The lowest BCUT2D eigenvalue weighted by Crippen LogP contribution is -2.39. The van der Waals surface area contributed by atoms with Gasteiger partial charge >= 0.3 is 0 Å². The fourth-order valence-corrected chi connectivity index (χ4v) is 2.50. The zero-order valence-electron chi connectivity index (χ0n) is 13.4. The smallest absolute Gasteiger partial charge is 0.218 e. The van der Waals surface area contributed by atoms with Crippen LogP contribution in [0.25, 0.3) is 0 Å². The van der Waals surface area contributed by atoms with Gasteiger partial charge in [-0.1, -0.05) is 6.92 Å². The summed E-state index contributed by atoms with van der Waals surface area (Å²) in [6.45, 7) is 8.42. The SMILES string of the molecule is CCCOc1cc(NCCN2CCOCC2)nc(C2CC2)n1. The average molecular weight is 306 g/mol. The Bertz CT molecular complexity index is 473. The molecule has 1 aromatic rings. The van der Waals surface area contributed by atoms with Gasteiger partial charge in [-0.15, -0.1) is 0 Å². The Hall–Kier alpha value is -1.40. The molecule has 2 heterocycles. The van der Waals surface area contributed by atoms with Crippen LogP contribution in [0.4, 0.5) is 5.82 Å². The van der Waals surface area contributed by atoms with Crippen molar-refractivity contribution in [2.45, 2.75) is 32.1 Å². The van der Waals surface area contributed by atoms with Crippen LogP contribution in [-0.4, -0.2) is 60.9 Å². The van der Waals surface area contributed by atoms with Gasteiger partial charge in [0, 0.05) is 38.2 Å². The van der Waals surface area contributed by atoms with Gasteiger partial charge in [0.25, 0.3) is 0 Å². The molecular weight excluding hydrogens is 280 g/mol. The first-order chi connectivity index (χ1) is 10.8. The molecular formula is C16H26N4O2. The molecule has 1 aliphatic heterocycles. The summed E-state index contributed by atoms with van der Waals surface area (Å²) in [6, 6.07) is 1.92. The van der Waals surface area contributed by atoms with Crippen molar-refractivity contribution >= 4 is 5.82 Å². The molecule has 1 saturated carbocycles. The normalized spacial score (nSPS) is 19.1. The molecule has 6 nitrogen and oxygen atoms in total. The minimum absolute atomic E-state index is 0.532. The van der Waals surface area contributed by atoms with Gasteiger partial charge in [0.2, 0.25) is 5.88 Å². The molecule has 22 heavy (non-hydrogen) atoms. The lowest BCUT2D eigenvalue weighted by atomic mass is 10.3. The molecule has 0 spiro atoms. The number of hydrogen-bond donors (Lipinski definition) is 1. The highest BCUT2D eigenvalue weighted by molar-refractivity contribution is 5.39. The third-order valence-corrected chi connectivity index (χ3v) is 3.95. The van der Waals surface area contributed by atoms with E-state index in [2.05, 4.69) is 27.1 Å². The average Bonchev–Trinajstić information content (AvgIpc) is 3.39. The van der Waals surface area contributed by atoms with Crippen LogP contribution in [0, 0.1) is 0 Å². The highest BCUT2D eigenvalue weighted by Crippen LogP contribution is 2.39. The lowest BCUT2D eigenvalue weighted by molar-refractivity contribution is 0.0398. The highest BCUT2D eigenvalue weighted by Gasteiger charge is 2.27. The van der Waals surface area contributed by atoms with Gasteiger partial charge in [-0.25, -0.2) is 4.98 Å². The Balaban J connectivity index is 1.55. The van der Waals surface area contributed by atoms with E-state index in [1.54, 1.807) is 0 Å². The number of morpholine rings is 1. The fourth-order valence-electron chi connectivity index (χ4n) is 2.50. The summed E-state index contributed by atoms with van der Waals surface area (Å²) in [7, 11) is 0. The number of ether oxygens (including phenoxy) is 2. The van der Waals surface area contributed by atoms with E-state index < -0.39 is 0 Å². The van der Waals surface area contributed by atoms with Crippen LogP contribution < -0.4 is 10.1 Å². The maximum atomic E-state index is 5.69. The van der Waals surface area contributed by atoms with Gasteiger partial charge in [0.15, 0.2) is 0 Å². The van der Waals surface area contributed by atoms with Crippen molar-refractivity contribution in [2.75, 3.05) is 51.3 Å².